The number of carbonyl (C=O) groups excluding carboxylic acids is 2. The molecule has 16 heteroatoms. The van der Waals surface area contributed by atoms with Crippen molar-refractivity contribution in [1.29, 1.82) is 5.26 Å². The van der Waals surface area contributed by atoms with Crippen LogP contribution in [0.3, 0.4) is 0 Å². The molecule has 0 radical (unpaired) electrons. The van der Waals surface area contributed by atoms with Crippen LogP contribution in [-0.2, 0) is 25.0 Å². The number of piperazine rings is 1. The van der Waals surface area contributed by atoms with Crippen LogP contribution in [0.25, 0.3) is 0 Å². The first-order valence-corrected chi connectivity index (χ1v) is 19.7. The Hall–Kier alpha value is -5.11. The molecule has 15 nitrogen and oxygen atoms in total. The third kappa shape index (κ3) is 6.68. The van der Waals surface area contributed by atoms with Crippen LogP contribution in [0.1, 0.15) is 48.4 Å². The van der Waals surface area contributed by atoms with E-state index in [0.29, 0.717) is 29.2 Å². The number of carbonyl (C=O) groups is 2. The van der Waals surface area contributed by atoms with Gasteiger partial charge >= 0.3 is 0 Å². The number of benzene rings is 2. The molecule has 0 aliphatic carbocycles. The fraction of sp³-hybridized carbons (Fsp3) is 0.487. The predicted octanol–water partition coefficient (Wildman–Crippen LogP) is 3.34. The van der Waals surface area contributed by atoms with E-state index in [1.807, 2.05) is 0 Å². The smallest absolute Gasteiger partial charge is 0.274 e. The number of hydrogen-bond acceptors (Lipinski definition) is 13. The number of fused-ring (bicyclic) bond motifs is 1. The Kier molecular flexibility index (Phi) is 11.5. The molecule has 4 heterocycles. The summed E-state index contributed by atoms with van der Waals surface area (Å²) in [4.78, 5) is 41.2. The first kappa shape index (κ1) is 39.6. The number of piperidine rings is 1. The third-order valence-electron chi connectivity index (χ3n) is 11.0. The molecule has 0 saturated carbocycles. The van der Waals surface area contributed by atoms with Crippen LogP contribution in [0.5, 0.6) is 28.9 Å². The Morgan fingerprint density at radius 3 is 2.27 bits per heavy atom. The highest BCUT2D eigenvalue weighted by atomic mass is 32.2. The average molecular weight is 777 g/mol. The molecule has 0 bridgehead atoms. The number of nitrogens with zero attached hydrogens (tertiary/aromatic N) is 6. The van der Waals surface area contributed by atoms with Crippen LogP contribution in [0.4, 0.5) is 5.69 Å². The van der Waals surface area contributed by atoms with Crippen molar-refractivity contribution >= 4 is 27.5 Å². The highest BCUT2D eigenvalue weighted by Gasteiger charge is 2.61. The second-order valence-electron chi connectivity index (χ2n) is 13.8. The van der Waals surface area contributed by atoms with E-state index in [2.05, 4.69) is 27.9 Å². The number of hydrogen-bond donors (Lipinski definition) is 0. The minimum absolute atomic E-state index is 0.0128. The molecule has 0 spiro atoms. The minimum atomic E-state index is -4.86. The Balaban J connectivity index is 1.58. The number of methoxy groups -OCH3 is 4. The second kappa shape index (κ2) is 15.9. The molecule has 1 atom stereocenters. The average Bonchev–Trinajstić information content (AvgIpc) is 3.46. The van der Waals surface area contributed by atoms with E-state index >= 15 is 13.2 Å². The van der Waals surface area contributed by atoms with Gasteiger partial charge in [-0.2, -0.15) is 9.57 Å². The third-order valence-corrected chi connectivity index (χ3v) is 12.7. The zero-order valence-corrected chi connectivity index (χ0v) is 33.2. The lowest BCUT2D eigenvalue weighted by Gasteiger charge is -2.42. The molecule has 2 aromatic carbocycles. The number of amides is 2. The van der Waals surface area contributed by atoms with E-state index in [1.54, 1.807) is 30.9 Å². The Bertz CT molecular complexity index is 2110. The van der Waals surface area contributed by atoms with E-state index in [-0.39, 0.29) is 68.5 Å². The van der Waals surface area contributed by atoms with Crippen molar-refractivity contribution in [2.45, 2.75) is 49.5 Å². The minimum Gasteiger partial charge on any atom is -0.497 e. The van der Waals surface area contributed by atoms with E-state index in [9.17, 15) is 10.1 Å². The summed E-state index contributed by atoms with van der Waals surface area (Å²) in [6, 6.07) is 9.82. The molecule has 1 unspecified atom stereocenters. The molecule has 55 heavy (non-hydrogen) atoms. The Labute approximate surface area is 322 Å². The number of rotatable bonds is 12. The Morgan fingerprint density at radius 1 is 0.982 bits per heavy atom. The van der Waals surface area contributed by atoms with Crippen LogP contribution in [0, 0.1) is 18.3 Å². The van der Waals surface area contributed by atoms with E-state index in [4.69, 9.17) is 23.7 Å². The van der Waals surface area contributed by atoms with Gasteiger partial charge in [0.15, 0.2) is 11.5 Å². The summed E-state index contributed by atoms with van der Waals surface area (Å²) in [5.41, 5.74) is -1.73. The molecular weight excluding hydrogens is 729 g/mol. The first-order chi connectivity index (χ1) is 26.4. The van der Waals surface area contributed by atoms with Gasteiger partial charge in [-0.25, -0.2) is 13.4 Å². The van der Waals surface area contributed by atoms with Crippen molar-refractivity contribution in [2.24, 2.45) is 0 Å². The summed E-state index contributed by atoms with van der Waals surface area (Å²) < 4.78 is 59.2. The van der Waals surface area contributed by atoms with Crippen molar-refractivity contribution in [3.05, 3.63) is 58.8 Å². The molecule has 2 fully saturated rings. The standard InChI is InChI=1S/C39H48N6O9S/c1-8-54-37-29(10-9-15-41-37)39(23-32(46)44-16-13-26(14-17-44)43-20-18-42(3)19-21-43)33-25(2)28(24-40)35(52-6)36(53-7)34(33)45(38(39)47)55(48,49)31-12-11-27(50-4)22-30(31)51-5/h9-12,15,22,26H,8,13-14,16-21,23H2,1-7H3. The number of sulfonamides is 1. The lowest BCUT2D eigenvalue weighted by atomic mass is 9.70. The van der Waals surface area contributed by atoms with Crippen LogP contribution in [0.2, 0.25) is 0 Å². The van der Waals surface area contributed by atoms with Gasteiger partial charge in [-0.15, -0.1) is 0 Å². The Morgan fingerprint density at radius 2 is 1.67 bits per heavy atom. The zero-order valence-electron chi connectivity index (χ0n) is 32.4. The monoisotopic (exact) mass is 776 g/mol. The van der Waals surface area contributed by atoms with Crippen LogP contribution >= 0.6 is 0 Å². The maximum absolute atomic E-state index is 15.7. The molecular formula is C39H48N6O9S. The van der Waals surface area contributed by atoms with Gasteiger partial charge in [-0.1, -0.05) is 6.07 Å². The number of ether oxygens (including phenoxy) is 5. The van der Waals surface area contributed by atoms with Gasteiger partial charge in [-0.05, 0) is 57.5 Å². The van der Waals surface area contributed by atoms with Gasteiger partial charge in [0, 0.05) is 75.1 Å². The molecule has 2 amide bonds. The molecule has 3 aliphatic heterocycles. The van der Waals surface area contributed by atoms with Crippen molar-refractivity contribution < 1.29 is 41.7 Å². The SMILES string of the molecule is CCOc1ncccc1C1(CC(=O)N2CCC(N3CCN(C)CC3)CC2)C(=O)N(S(=O)(=O)c2ccc(OC)cc2OC)c2c(OC)c(OC)c(C#N)c(C)c21. The van der Waals surface area contributed by atoms with Crippen molar-refractivity contribution in [3.63, 3.8) is 0 Å². The molecule has 2 saturated heterocycles. The van der Waals surface area contributed by atoms with Crippen LogP contribution in [0.15, 0.2) is 41.4 Å². The van der Waals surface area contributed by atoms with E-state index in [1.165, 1.54) is 52.8 Å². The summed E-state index contributed by atoms with van der Waals surface area (Å²) in [5.74, 6) is -1.30. The lowest BCUT2D eigenvalue weighted by Crippen LogP contribution is -2.53. The molecule has 294 valence electrons. The summed E-state index contributed by atoms with van der Waals surface area (Å²) in [6.07, 6.45) is 2.51. The first-order valence-electron chi connectivity index (χ1n) is 18.2. The van der Waals surface area contributed by atoms with Gasteiger partial charge in [0.05, 0.1) is 35.0 Å². The summed E-state index contributed by atoms with van der Waals surface area (Å²) in [6.45, 7) is 8.32. The van der Waals surface area contributed by atoms with Gasteiger partial charge in [0.2, 0.25) is 11.8 Å². The summed E-state index contributed by atoms with van der Waals surface area (Å²) >= 11 is 0. The molecule has 0 N–H and O–H groups in total. The normalized spacial score (nSPS) is 19.5. The zero-order chi connectivity index (χ0) is 39.7. The van der Waals surface area contributed by atoms with Crippen LogP contribution in [-0.4, -0.2) is 127 Å². The van der Waals surface area contributed by atoms with Crippen LogP contribution < -0.4 is 28.0 Å². The van der Waals surface area contributed by atoms with Gasteiger partial charge in [0.1, 0.15) is 39.1 Å². The maximum atomic E-state index is 15.7. The second-order valence-corrected chi connectivity index (χ2v) is 15.6. The van der Waals surface area contributed by atoms with Gasteiger partial charge < -0.3 is 33.5 Å². The molecule has 6 rings (SSSR count). The quantitative estimate of drug-likeness (QED) is 0.263. The van der Waals surface area contributed by atoms with Crippen molar-refractivity contribution in [2.75, 3.05) is 85.7 Å². The fourth-order valence-electron chi connectivity index (χ4n) is 8.22. The topological polar surface area (TPSA) is 164 Å². The van der Waals surface area contributed by atoms with Crippen molar-refractivity contribution in [1.82, 2.24) is 19.7 Å². The van der Waals surface area contributed by atoms with Crippen molar-refractivity contribution in [3.8, 4) is 34.9 Å². The molecule has 3 aliphatic rings. The number of aromatic nitrogens is 1. The number of pyridine rings is 1. The fourth-order valence-corrected chi connectivity index (χ4v) is 9.84. The molecule has 3 aromatic rings. The maximum Gasteiger partial charge on any atom is 0.274 e. The van der Waals surface area contributed by atoms with E-state index in [0.717, 1.165) is 39.0 Å². The number of anilines is 1. The largest absolute Gasteiger partial charge is 0.497 e. The van der Waals surface area contributed by atoms with Gasteiger partial charge in [0.25, 0.3) is 15.9 Å². The van der Waals surface area contributed by atoms with E-state index < -0.39 is 27.8 Å². The van der Waals surface area contributed by atoms with Gasteiger partial charge in [-0.3, -0.25) is 14.5 Å². The predicted molar refractivity (Wildman–Crippen MR) is 203 cm³/mol. The summed E-state index contributed by atoms with van der Waals surface area (Å²) in [7, 11) is 2.61. The summed E-state index contributed by atoms with van der Waals surface area (Å²) in [5, 5.41) is 10.5. The molecule has 1 aromatic heterocycles. The highest BCUT2D eigenvalue weighted by Crippen LogP contribution is 2.60. The number of likely N-dealkylation sites (N-methyl/N-ethyl adjacent to an activating group) is 1. The number of nitriles is 1. The highest BCUT2D eigenvalue weighted by molar-refractivity contribution is 7.93. The number of likely N-dealkylation sites (tertiary alicyclic amines) is 1. The lowest BCUT2D eigenvalue weighted by molar-refractivity contribution is -0.136.